The van der Waals surface area contributed by atoms with Crippen LogP contribution in [0.1, 0.15) is 0 Å². The van der Waals surface area contributed by atoms with E-state index in [0.717, 1.165) is 12.1 Å². The Bertz CT molecular complexity index is 486. The summed E-state index contributed by atoms with van der Waals surface area (Å²) in [6, 6.07) is 1.77. The topological polar surface area (TPSA) is 96.6 Å². The summed E-state index contributed by atoms with van der Waals surface area (Å²) < 4.78 is 30.5. The SMILES string of the molecule is Cn1c(O)c(S(=O)(=O)O)ccc1=O. The molecule has 1 aromatic heterocycles. The van der Waals surface area contributed by atoms with Crippen molar-refractivity contribution in [3.63, 3.8) is 0 Å². The van der Waals surface area contributed by atoms with Crippen LogP contribution in [0.15, 0.2) is 21.8 Å². The van der Waals surface area contributed by atoms with Crippen LogP contribution < -0.4 is 5.56 Å². The molecule has 0 atom stereocenters. The molecular formula is C6H7NO5S. The van der Waals surface area contributed by atoms with Gasteiger partial charge in [-0.1, -0.05) is 0 Å². The van der Waals surface area contributed by atoms with Crippen molar-refractivity contribution in [2.45, 2.75) is 4.90 Å². The zero-order chi connectivity index (χ0) is 10.2. The van der Waals surface area contributed by atoms with Gasteiger partial charge in [0.05, 0.1) is 0 Å². The smallest absolute Gasteiger partial charge is 0.299 e. The van der Waals surface area contributed by atoms with E-state index in [-0.39, 0.29) is 0 Å². The van der Waals surface area contributed by atoms with Crippen LogP contribution in [0.25, 0.3) is 0 Å². The molecule has 0 fully saturated rings. The van der Waals surface area contributed by atoms with Crippen LogP contribution in [-0.2, 0) is 17.2 Å². The van der Waals surface area contributed by atoms with Crippen molar-refractivity contribution in [2.24, 2.45) is 7.05 Å². The maximum absolute atomic E-state index is 10.8. The number of pyridine rings is 1. The van der Waals surface area contributed by atoms with E-state index < -0.39 is 26.5 Å². The van der Waals surface area contributed by atoms with Gasteiger partial charge in [-0.05, 0) is 6.07 Å². The standard InChI is InChI=1S/C6H7NO5S/c1-7-5(8)3-2-4(6(7)9)13(10,11)12/h2-3,9H,1H3,(H,10,11,12). The van der Waals surface area contributed by atoms with Crippen LogP contribution in [-0.4, -0.2) is 22.6 Å². The van der Waals surface area contributed by atoms with E-state index >= 15 is 0 Å². The molecule has 1 rings (SSSR count). The zero-order valence-corrected chi connectivity index (χ0v) is 7.45. The van der Waals surface area contributed by atoms with Crippen molar-refractivity contribution in [3.05, 3.63) is 22.5 Å². The first-order valence-electron chi connectivity index (χ1n) is 3.20. The lowest BCUT2D eigenvalue weighted by molar-refractivity contribution is 0.399. The molecule has 0 bridgehead atoms. The molecule has 0 spiro atoms. The third kappa shape index (κ3) is 1.70. The molecule has 0 aliphatic rings. The number of aromatic nitrogens is 1. The van der Waals surface area contributed by atoms with E-state index in [1.54, 1.807) is 0 Å². The Balaban J connectivity index is 3.63. The van der Waals surface area contributed by atoms with Crippen LogP contribution in [0.2, 0.25) is 0 Å². The van der Waals surface area contributed by atoms with Crippen molar-refractivity contribution in [1.82, 2.24) is 4.57 Å². The van der Waals surface area contributed by atoms with E-state index in [1.807, 2.05) is 0 Å². The molecule has 7 heteroatoms. The number of aromatic hydroxyl groups is 1. The Labute approximate surface area is 73.8 Å². The lowest BCUT2D eigenvalue weighted by atomic mass is 10.4. The maximum Gasteiger partial charge on any atom is 0.299 e. The van der Waals surface area contributed by atoms with Crippen LogP contribution >= 0.6 is 0 Å². The van der Waals surface area contributed by atoms with Gasteiger partial charge in [-0.25, -0.2) is 0 Å². The van der Waals surface area contributed by atoms with Crippen molar-refractivity contribution in [2.75, 3.05) is 0 Å². The van der Waals surface area contributed by atoms with Gasteiger partial charge in [-0.15, -0.1) is 0 Å². The van der Waals surface area contributed by atoms with Crippen molar-refractivity contribution >= 4 is 10.1 Å². The molecule has 0 saturated carbocycles. The van der Waals surface area contributed by atoms with E-state index in [1.165, 1.54) is 7.05 Å². The highest BCUT2D eigenvalue weighted by molar-refractivity contribution is 7.86. The molecule has 1 heterocycles. The summed E-state index contributed by atoms with van der Waals surface area (Å²) in [7, 11) is -3.30. The molecule has 1 aromatic rings. The fraction of sp³-hybridized carbons (Fsp3) is 0.167. The van der Waals surface area contributed by atoms with Gasteiger partial charge in [0.25, 0.3) is 15.7 Å². The minimum absolute atomic E-state index is 0.565. The first-order chi connectivity index (χ1) is 5.84. The number of hydrogen-bond donors (Lipinski definition) is 2. The summed E-state index contributed by atoms with van der Waals surface area (Å²) in [5.74, 6) is -0.782. The molecule has 0 aliphatic carbocycles. The number of nitrogens with zero attached hydrogens (tertiary/aromatic N) is 1. The second-order valence-corrected chi connectivity index (χ2v) is 3.78. The van der Waals surface area contributed by atoms with E-state index in [4.69, 9.17) is 9.66 Å². The number of rotatable bonds is 1. The molecular weight excluding hydrogens is 198 g/mol. The van der Waals surface area contributed by atoms with Crippen LogP contribution in [0.3, 0.4) is 0 Å². The molecule has 0 aliphatic heterocycles. The van der Waals surface area contributed by atoms with Gasteiger partial charge in [0.15, 0.2) is 4.90 Å². The normalized spacial score (nSPS) is 11.5. The fourth-order valence-electron chi connectivity index (χ4n) is 0.804. The highest BCUT2D eigenvalue weighted by atomic mass is 32.2. The Hall–Kier alpha value is -1.34. The third-order valence-electron chi connectivity index (χ3n) is 1.52. The van der Waals surface area contributed by atoms with Crippen molar-refractivity contribution in [1.29, 1.82) is 0 Å². The quantitative estimate of drug-likeness (QED) is 0.593. The average Bonchev–Trinajstić information content (AvgIpc) is 1.98. The Morgan fingerprint density at radius 1 is 1.38 bits per heavy atom. The molecule has 0 aromatic carbocycles. The molecule has 13 heavy (non-hydrogen) atoms. The third-order valence-corrected chi connectivity index (χ3v) is 2.40. The molecule has 2 N–H and O–H groups in total. The fourth-order valence-corrected chi connectivity index (χ4v) is 1.41. The Morgan fingerprint density at radius 3 is 2.38 bits per heavy atom. The van der Waals surface area contributed by atoms with Crippen molar-refractivity contribution in [3.8, 4) is 5.88 Å². The minimum atomic E-state index is -4.48. The monoisotopic (exact) mass is 205 g/mol. The van der Waals surface area contributed by atoms with Gasteiger partial charge in [-0.3, -0.25) is 13.9 Å². The Morgan fingerprint density at radius 2 is 1.92 bits per heavy atom. The van der Waals surface area contributed by atoms with Crippen LogP contribution in [0, 0.1) is 0 Å². The molecule has 0 saturated heterocycles. The highest BCUT2D eigenvalue weighted by Gasteiger charge is 2.17. The predicted octanol–water partition coefficient (Wildman–Crippen LogP) is -0.662. The summed E-state index contributed by atoms with van der Waals surface area (Å²) >= 11 is 0. The predicted molar refractivity (Wildman–Crippen MR) is 43.2 cm³/mol. The van der Waals surface area contributed by atoms with Crippen LogP contribution in [0.4, 0.5) is 0 Å². The summed E-state index contributed by atoms with van der Waals surface area (Å²) in [5.41, 5.74) is -0.565. The molecule has 6 nitrogen and oxygen atoms in total. The van der Waals surface area contributed by atoms with Crippen LogP contribution in [0.5, 0.6) is 5.88 Å². The summed E-state index contributed by atoms with van der Waals surface area (Å²) in [6.07, 6.45) is 0. The maximum atomic E-state index is 10.8. The average molecular weight is 205 g/mol. The van der Waals surface area contributed by atoms with Gasteiger partial charge < -0.3 is 5.11 Å². The lowest BCUT2D eigenvalue weighted by Crippen LogP contribution is -2.17. The van der Waals surface area contributed by atoms with Gasteiger partial charge in [0, 0.05) is 13.1 Å². The van der Waals surface area contributed by atoms with E-state index in [2.05, 4.69) is 0 Å². The van der Waals surface area contributed by atoms with Gasteiger partial charge >= 0.3 is 0 Å². The molecule has 0 radical (unpaired) electrons. The van der Waals surface area contributed by atoms with E-state index in [0.29, 0.717) is 4.57 Å². The van der Waals surface area contributed by atoms with Gasteiger partial charge in [0.1, 0.15) is 0 Å². The second kappa shape index (κ2) is 2.86. The first kappa shape index (κ1) is 9.75. The summed E-state index contributed by atoms with van der Waals surface area (Å²) in [5, 5.41) is 9.14. The summed E-state index contributed by atoms with van der Waals surface area (Å²) in [6.45, 7) is 0. The Kier molecular flexibility index (Phi) is 2.14. The molecule has 0 amide bonds. The van der Waals surface area contributed by atoms with Gasteiger partial charge in [0.2, 0.25) is 5.88 Å². The first-order valence-corrected chi connectivity index (χ1v) is 4.64. The largest absolute Gasteiger partial charge is 0.493 e. The minimum Gasteiger partial charge on any atom is -0.493 e. The number of hydrogen-bond acceptors (Lipinski definition) is 4. The van der Waals surface area contributed by atoms with E-state index in [9.17, 15) is 13.2 Å². The molecule has 0 unspecified atom stereocenters. The summed E-state index contributed by atoms with van der Waals surface area (Å²) in [4.78, 5) is 10.2. The van der Waals surface area contributed by atoms with Crippen molar-refractivity contribution < 1.29 is 18.1 Å². The molecule has 72 valence electrons. The lowest BCUT2D eigenvalue weighted by Gasteiger charge is -2.04. The zero-order valence-electron chi connectivity index (χ0n) is 6.63. The van der Waals surface area contributed by atoms with Gasteiger partial charge in [-0.2, -0.15) is 8.42 Å². The second-order valence-electron chi connectivity index (χ2n) is 2.39. The highest BCUT2D eigenvalue weighted by Crippen LogP contribution is 2.18.